The van der Waals surface area contributed by atoms with Gasteiger partial charge in [-0.2, -0.15) is 0 Å². The molecule has 22 heavy (non-hydrogen) atoms. The average molecular weight is 349 g/mol. The van der Waals surface area contributed by atoms with Crippen molar-refractivity contribution in [1.82, 2.24) is 4.98 Å². The molecule has 0 unspecified atom stereocenters. The van der Waals surface area contributed by atoms with E-state index in [0.717, 1.165) is 11.3 Å². The number of benzene rings is 2. The van der Waals surface area contributed by atoms with Gasteiger partial charge in [0.1, 0.15) is 0 Å². The van der Waals surface area contributed by atoms with Crippen LogP contribution in [0.4, 0.5) is 5.13 Å². The molecule has 0 aliphatic carbocycles. The van der Waals surface area contributed by atoms with Crippen LogP contribution in [-0.4, -0.2) is 10.9 Å². The lowest BCUT2D eigenvalue weighted by Gasteiger charge is -2.05. The zero-order chi connectivity index (χ0) is 15.5. The standard InChI is InChI=1S/C16H10Cl2N2OS/c17-11-7-4-8-12(18)14(11)15(21)20-16-19-13(9-22-16)10-5-2-1-3-6-10/h1-9H,(H,19,20,21). The number of rotatable bonds is 3. The average Bonchev–Trinajstić information content (AvgIpc) is 2.96. The summed E-state index contributed by atoms with van der Waals surface area (Å²) in [7, 11) is 0. The number of amides is 1. The van der Waals surface area contributed by atoms with Crippen LogP contribution in [0.1, 0.15) is 10.4 Å². The summed E-state index contributed by atoms with van der Waals surface area (Å²) >= 11 is 13.4. The van der Waals surface area contributed by atoms with Gasteiger partial charge in [-0.1, -0.05) is 59.6 Å². The Labute approximate surface area is 141 Å². The second-order valence-electron chi connectivity index (χ2n) is 4.45. The van der Waals surface area contributed by atoms with Crippen LogP contribution in [0.25, 0.3) is 11.3 Å². The van der Waals surface area contributed by atoms with Crippen molar-refractivity contribution in [2.75, 3.05) is 5.32 Å². The maximum absolute atomic E-state index is 12.3. The van der Waals surface area contributed by atoms with Crippen LogP contribution in [0.3, 0.4) is 0 Å². The molecule has 6 heteroatoms. The van der Waals surface area contributed by atoms with E-state index in [2.05, 4.69) is 10.3 Å². The van der Waals surface area contributed by atoms with Gasteiger partial charge in [0.2, 0.25) is 0 Å². The largest absolute Gasteiger partial charge is 0.298 e. The van der Waals surface area contributed by atoms with Gasteiger partial charge in [-0.15, -0.1) is 11.3 Å². The van der Waals surface area contributed by atoms with Crippen molar-refractivity contribution in [3.63, 3.8) is 0 Å². The van der Waals surface area contributed by atoms with E-state index in [-0.39, 0.29) is 11.5 Å². The molecule has 3 rings (SSSR count). The third kappa shape index (κ3) is 3.14. The van der Waals surface area contributed by atoms with E-state index in [4.69, 9.17) is 23.2 Å². The Morgan fingerprint density at radius 3 is 2.36 bits per heavy atom. The smallest absolute Gasteiger partial charge is 0.260 e. The highest BCUT2D eigenvalue weighted by Crippen LogP contribution is 2.28. The third-order valence-electron chi connectivity index (χ3n) is 2.98. The maximum atomic E-state index is 12.3. The van der Waals surface area contributed by atoms with Crippen LogP contribution in [0, 0.1) is 0 Å². The Bertz CT molecular complexity index is 798. The lowest BCUT2D eigenvalue weighted by molar-refractivity contribution is 0.102. The fraction of sp³-hybridized carbons (Fsp3) is 0. The number of anilines is 1. The number of hydrogen-bond donors (Lipinski definition) is 1. The predicted molar refractivity (Wildman–Crippen MR) is 92.0 cm³/mol. The molecule has 0 saturated carbocycles. The molecule has 0 spiro atoms. The fourth-order valence-corrected chi connectivity index (χ4v) is 3.23. The Morgan fingerprint density at radius 2 is 1.68 bits per heavy atom. The summed E-state index contributed by atoms with van der Waals surface area (Å²) in [6, 6.07) is 14.7. The van der Waals surface area contributed by atoms with Gasteiger partial charge in [-0.25, -0.2) is 4.98 Å². The molecule has 2 aromatic carbocycles. The van der Waals surface area contributed by atoms with Crippen molar-refractivity contribution in [2.45, 2.75) is 0 Å². The molecule has 0 aliphatic heterocycles. The number of halogens is 2. The van der Waals surface area contributed by atoms with Gasteiger partial charge < -0.3 is 0 Å². The summed E-state index contributed by atoms with van der Waals surface area (Å²) < 4.78 is 0. The zero-order valence-electron chi connectivity index (χ0n) is 11.2. The number of aromatic nitrogens is 1. The van der Waals surface area contributed by atoms with Gasteiger partial charge in [-0.05, 0) is 12.1 Å². The van der Waals surface area contributed by atoms with E-state index in [1.54, 1.807) is 18.2 Å². The van der Waals surface area contributed by atoms with Crippen molar-refractivity contribution in [1.29, 1.82) is 0 Å². The van der Waals surface area contributed by atoms with Gasteiger partial charge in [0.15, 0.2) is 5.13 Å². The van der Waals surface area contributed by atoms with E-state index in [0.29, 0.717) is 15.2 Å². The Kier molecular flexibility index (Phi) is 4.43. The lowest BCUT2D eigenvalue weighted by atomic mass is 10.2. The van der Waals surface area contributed by atoms with Crippen molar-refractivity contribution < 1.29 is 4.79 Å². The molecule has 0 aliphatic rings. The fourth-order valence-electron chi connectivity index (χ4n) is 1.95. The first-order valence-corrected chi connectivity index (χ1v) is 8.05. The van der Waals surface area contributed by atoms with E-state index in [1.165, 1.54) is 11.3 Å². The number of carbonyl (C=O) groups is 1. The molecular weight excluding hydrogens is 339 g/mol. The van der Waals surface area contributed by atoms with Crippen molar-refractivity contribution in [2.24, 2.45) is 0 Å². The Balaban J connectivity index is 1.82. The summed E-state index contributed by atoms with van der Waals surface area (Å²) in [5.74, 6) is -0.371. The normalized spacial score (nSPS) is 10.5. The summed E-state index contributed by atoms with van der Waals surface area (Å²) in [6.07, 6.45) is 0. The maximum Gasteiger partial charge on any atom is 0.260 e. The summed E-state index contributed by atoms with van der Waals surface area (Å²) in [5.41, 5.74) is 2.06. The van der Waals surface area contributed by atoms with Gasteiger partial charge >= 0.3 is 0 Å². The Morgan fingerprint density at radius 1 is 1.00 bits per heavy atom. The van der Waals surface area contributed by atoms with E-state index >= 15 is 0 Å². The number of nitrogens with zero attached hydrogens (tertiary/aromatic N) is 1. The lowest BCUT2D eigenvalue weighted by Crippen LogP contribution is -2.12. The molecule has 0 atom stereocenters. The number of carbonyl (C=O) groups excluding carboxylic acids is 1. The number of hydrogen-bond acceptors (Lipinski definition) is 3. The SMILES string of the molecule is O=C(Nc1nc(-c2ccccc2)cs1)c1c(Cl)cccc1Cl. The third-order valence-corrected chi connectivity index (χ3v) is 4.37. The molecule has 1 aromatic heterocycles. The highest BCUT2D eigenvalue weighted by molar-refractivity contribution is 7.14. The quantitative estimate of drug-likeness (QED) is 0.691. The molecule has 0 bridgehead atoms. The van der Waals surface area contributed by atoms with Gasteiger partial charge in [0, 0.05) is 10.9 Å². The van der Waals surface area contributed by atoms with Crippen LogP contribution in [0.2, 0.25) is 10.0 Å². The van der Waals surface area contributed by atoms with E-state index in [9.17, 15) is 4.79 Å². The minimum atomic E-state index is -0.371. The van der Waals surface area contributed by atoms with Crippen molar-refractivity contribution >= 4 is 45.6 Å². The van der Waals surface area contributed by atoms with Crippen LogP contribution in [0.5, 0.6) is 0 Å². The predicted octanol–water partition coefficient (Wildman–Crippen LogP) is 5.37. The second kappa shape index (κ2) is 6.48. The number of thiazole rings is 1. The molecule has 1 heterocycles. The molecule has 110 valence electrons. The van der Waals surface area contributed by atoms with Gasteiger partial charge in [0.05, 0.1) is 21.3 Å². The van der Waals surface area contributed by atoms with Crippen molar-refractivity contribution in [3.05, 3.63) is 69.5 Å². The first-order valence-electron chi connectivity index (χ1n) is 6.41. The first kappa shape index (κ1) is 15.0. The minimum absolute atomic E-state index is 0.252. The first-order chi connectivity index (χ1) is 10.6. The molecule has 3 aromatic rings. The molecule has 0 saturated heterocycles. The summed E-state index contributed by atoms with van der Waals surface area (Å²) in [6.45, 7) is 0. The monoisotopic (exact) mass is 348 g/mol. The molecular formula is C16H10Cl2N2OS. The van der Waals surface area contributed by atoms with Crippen LogP contribution < -0.4 is 5.32 Å². The van der Waals surface area contributed by atoms with Crippen molar-refractivity contribution in [3.8, 4) is 11.3 Å². The summed E-state index contributed by atoms with van der Waals surface area (Å²) in [4.78, 5) is 16.7. The topological polar surface area (TPSA) is 42.0 Å². The van der Waals surface area contributed by atoms with E-state index in [1.807, 2.05) is 35.7 Å². The van der Waals surface area contributed by atoms with Crippen LogP contribution in [0.15, 0.2) is 53.9 Å². The molecule has 1 N–H and O–H groups in total. The highest BCUT2D eigenvalue weighted by Gasteiger charge is 2.16. The van der Waals surface area contributed by atoms with E-state index < -0.39 is 0 Å². The molecule has 3 nitrogen and oxygen atoms in total. The Hall–Kier alpha value is -1.88. The minimum Gasteiger partial charge on any atom is -0.298 e. The van der Waals surface area contributed by atoms with Crippen LogP contribution >= 0.6 is 34.5 Å². The number of nitrogens with one attached hydrogen (secondary N) is 1. The van der Waals surface area contributed by atoms with Gasteiger partial charge in [0.25, 0.3) is 5.91 Å². The molecule has 1 amide bonds. The van der Waals surface area contributed by atoms with Crippen LogP contribution in [-0.2, 0) is 0 Å². The van der Waals surface area contributed by atoms with Gasteiger partial charge in [-0.3, -0.25) is 10.1 Å². The highest BCUT2D eigenvalue weighted by atomic mass is 35.5. The molecule has 0 fully saturated rings. The second-order valence-corrected chi connectivity index (χ2v) is 6.13. The molecule has 0 radical (unpaired) electrons. The summed E-state index contributed by atoms with van der Waals surface area (Å²) in [5, 5.41) is 5.74. The zero-order valence-corrected chi connectivity index (χ0v) is 13.5.